The Bertz CT molecular complexity index is 506. The Morgan fingerprint density at radius 1 is 1.47 bits per heavy atom. The summed E-state index contributed by atoms with van der Waals surface area (Å²) in [5.74, 6) is -1.75. The van der Waals surface area contributed by atoms with Gasteiger partial charge >= 0.3 is 5.97 Å². The van der Waals surface area contributed by atoms with Crippen molar-refractivity contribution in [3.8, 4) is 0 Å². The quantitative estimate of drug-likeness (QED) is 0.848. The molecule has 2 rings (SSSR count). The number of carboxylic acid groups (broad SMARTS) is 1. The first kappa shape index (κ1) is 11.9. The molecular weight excluding hydrogens is 262 g/mol. The Labute approximate surface area is 105 Å². The molecule has 0 spiro atoms. The third-order valence-electron chi connectivity index (χ3n) is 1.98. The molecule has 0 atom stereocenters. The smallest absolute Gasteiger partial charge is 0.323 e. The van der Waals surface area contributed by atoms with Crippen LogP contribution in [0.15, 0.2) is 22.4 Å². The molecule has 88 valence electrons. The summed E-state index contributed by atoms with van der Waals surface area (Å²) in [6, 6.07) is 3.65. The Morgan fingerprint density at radius 2 is 2.24 bits per heavy atom. The predicted molar refractivity (Wildman–Crippen MR) is 64.6 cm³/mol. The van der Waals surface area contributed by atoms with Gasteiger partial charge < -0.3 is 5.11 Å². The van der Waals surface area contributed by atoms with Crippen molar-refractivity contribution in [2.24, 2.45) is 0 Å². The topological polar surface area (TPSA) is 74.7 Å². The molecule has 0 radical (unpaired) electrons. The average molecular weight is 269 g/mol. The lowest BCUT2D eigenvalue weighted by atomic mass is 10.3. The number of aliphatic carboxylic acids is 1. The van der Waals surface area contributed by atoms with Crippen LogP contribution in [0.2, 0.25) is 0 Å². The zero-order chi connectivity index (χ0) is 12.4. The summed E-state index contributed by atoms with van der Waals surface area (Å²) in [6.45, 7) is -0.591. The number of thiophene rings is 1. The number of hydrogen-bond acceptors (Lipinski definition) is 5. The molecule has 2 heterocycles. The van der Waals surface area contributed by atoms with Gasteiger partial charge in [-0.05, 0) is 29.3 Å². The van der Waals surface area contributed by atoms with E-state index in [-0.39, 0.29) is 4.91 Å². The normalized spacial score (nSPS) is 18.1. The number of nitrogens with zero attached hydrogens (tertiary/aromatic N) is 1. The fourth-order valence-electron chi connectivity index (χ4n) is 1.27. The summed E-state index contributed by atoms with van der Waals surface area (Å²) in [5.41, 5.74) is 0. The highest BCUT2D eigenvalue weighted by Crippen LogP contribution is 2.32. The Kier molecular flexibility index (Phi) is 3.30. The molecule has 0 aromatic carbocycles. The molecule has 0 aliphatic carbocycles. The Morgan fingerprint density at radius 3 is 2.82 bits per heavy atom. The van der Waals surface area contributed by atoms with Crippen molar-refractivity contribution in [2.45, 2.75) is 0 Å². The summed E-state index contributed by atoms with van der Waals surface area (Å²) >= 11 is 2.20. The minimum absolute atomic E-state index is 0.263. The van der Waals surface area contributed by atoms with Crippen LogP contribution in [0.3, 0.4) is 0 Å². The van der Waals surface area contributed by atoms with E-state index in [2.05, 4.69) is 0 Å². The van der Waals surface area contributed by atoms with E-state index in [4.69, 9.17) is 5.11 Å². The van der Waals surface area contributed by atoms with E-state index >= 15 is 0 Å². The number of imide groups is 1. The number of carbonyl (C=O) groups excluding carboxylic acids is 2. The molecule has 0 unspecified atom stereocenters. The maximum atomic E-state index is 11.7. The molecule has 17 heavy (non-hydrogen) atoms. The highest BCUT2D eigenvalue weighted by atomic mass is 32.2. The number of amides is 2. The first-order valence-corrected chi connectivity index (χ1v) is 6.28. The lowest BCUT2D eigenvalue weighted by Crippen LogP contribution is -2.33. The molecule has 7 heteroatoms. The predicted octanol–water partition coefficient (Wildman–Crippen LogP) is 1.87. The van der Waals surface area contributed by atoms with E-state index in [1.54, 1.807) is 6.08 Å². The maximum absolute atomic E-state index is 11.7. The number of hydrogen-bond donors (Lipinski definition) is 1. The van der Waals surface area contributed by atoms with Gasteiger partial charge in [-0.15, -0.1) is 11.3 Å². The summed E-state index contributed by atoms with van der Waals surface area (Å²) in [4.78, 5) is 35.5. The highest BCUT2D eigenvalue weighted by molar-refractivity contribution is 8.18. The minimum atomic E-state index is -1.20. The number of thioether (sulfide) groups is 1. The van der Waals surface area contributed by atoms with E-state index in [1.807, 2.05) is 17.5 Å². The third-order valence-corrected chi connectivity index (χ3v) is 3.71. The van der Waals surface area contributed by atoms with E-state index < -0.39 is 23.7 Å². The van der Waals surface area contributed by atoms with Crippen LogP contribution in [0.25, 0.3) is 6.08 Å². The fourth-order valence-corrected chi connectivity index (χ4v) is 2.84. The van der Waals surface area contributed by atoms with E-state index in [0.29, 0.717) is 0 Å². The summed E-state index contributed by atoms with van der Waals surface area (Å²) < 4.78 is 0. The average Bonchev–Trinajstić information content (AvgIpc) is 2.83. The number of carbonyl (C=O) groups is 3. The minimum Gasteiger partial charge on any atom is -0.480 e. The third kappa shape index (κ3) is 2.56. The fraction of sp³-hybridized carbons (Fsp3) is 0.100. The molecule has 5 nitrogen and oxygen atoms in total. The van der Waals surface area contributed by atoms with Crippen molar-refractivity contribution in [3.63, 3.8) is 0 Å². The molecule has 1 fully saturated rings. The van der Waals surface area contributed by atoms with Gasteiger partial charge in [-0.25, -0.2) is 0 Å². The van der Waals surface area contributed by atoms with E-state index in [1.165, 1.54) is 11.3 Å². The first-order chi connectivity index (χ1) is 8.08. The van der Waals surface area contributed by atoms with Crippen molar-refractivity contribution in [3.05, 3.63) is 27.3 Å². The molecule has 1 aromatic heterocycles. The van der Waals surface area contributed by atoms with Gasteiger partial charge in [-0.2, -0.15) is 0 Å². The number of carboxylic acids is 1. The van der Waals surface area contributed by atoms with Crippen LogP contribution in [-0.4, -0.2) is 33.7 Å². The molecule has 0 saturated carbocycles. The van der Waals surface area contributed by atoms with Crippen molar-refractivity contribution < 1.29 is 19.5 Å². The van der Waals surface area contributed by atoms with Gasteiger partial charge in [0.1, 0.15) is 6.54 Å². The van der Waals surface area contributed by atoms with E-state index in [0.717, 1.165) is 21.5 Å². The lowest BCUT2D eigenvalue weighted by Gasteiger charge is -2.07. The molecule has 1 aliphatic heterocycles. The van der Waals surface area contributed by atoms with Gasteiger partial charge in [-0.3, -0.25) is 19.3 Å². The second-order valence-electron chi connectivity index (χ2n) is 3.18. The molecule has 1 aliphatic rings. The zero-order valence-electron chi connectivity index (χ0n) is 8.45. The molecule has 1 saturated heterocycles. The largest absolute Gasteiger partial charge is 0.480 e. The molecular formula is C10H7NO4S2. The summed E-state index contributed by atoms with van der Waals surface area (Å²) in [6.07, 6.45) is 1.59. The van der Waals surface area contributed by atoms with Crippen molar-refractivity contribution in [1.29, 1.82) is 0 Å². The number of rotatable bonds is 3. The van der Waals surface area contributed by atoms with Crippen molar-refractivity contribution in [2.75, 3.05) is 6.54 Å². The second-order valence-corrected chi connectivity index (χ2v) is 5.15. The van der Waals surface area contributed by atoms with Crippen LogP contribution in [-0.2, 0) is 9.59 Å². The standard InChI is InChI=1S/C10H7NO4S2/c12-8(13)5-11-9(14)7(17-10(11)15)4-6-2-1-3-16-6/h1-4H,5H2,(H,12,13)/b7-4-. The van der Waals surface area contributed by atoms with Crippen LogP contribution in [0.5, 0.6) is 0 Å². The van der Waals surface area contributed by atoms with Gasteiger partial charge in [0.2, 0.25) is 0 Å². The molecule has 0 bridgehead atoms. The van der Waals surface area contributed by atoms with Crippen LogP contribution in [0.1, 0.15) is 4.88 Å². The van der Waals surface area contributed by atoms with Crippen LogP contribution < -0.4 is 0 Å². The van der Waals surface area contributed by atoms with Gasteiger partial charge in [0.05, 0.1) is 4.91 Å². The van der Waals surface area contributed by atoms with Crippen LogP contribution >= 0.6 is 23.1 Å². The van der Waals surface area contributed by atoms with Crippen LogP contribution in [0, 0.1) is 0 Å². The SMILES string of the molecule is O=C(O)CN1C(=O)S/C(=C\c2cccs2)C1=O. The first-order valence-electron chi connectivity index (χ1n) is 4.58. The summed E-state index contributed by atoms with van der Waals surface area (Å²) in [5, 5.41) is 9.89. The Balaban J connectivity index is 2.21. The summed E-state index contributed by atoms with van der Waals surface area (Å²) in [7, 11) is 0. The van der Waals surface area contributed by atoms with Gasteiger partial charge in [0, 0.05) is 4.88 Å². The monoisotopic (exact) mass is 269 g/mol. The van der Waals surface area contributed by atoms with E-state index in [9.17, 15) is 14.4 Å². The van der Waals surface area contributed by atoms with Crippen molar-refractivity contribution in [1.82, 2.24) is 4.90 Å². The Hall–Kier alpha value is -1.60. The maximum Gasteiger partial charge on any atom is 0.323 e. The van der Waals surface area contributed by atoms with Crippen LogP contribution in [0.4, 0.5) is 4.79 Å². The molecule has 2 amide bonds. The van der Waals surface area contributed by atoms with Gasteiger partial charge in [0.25, 0.3) is 11.1 Å². The van der Waals surface area contributed by atoms with Crippen molar-refractivity contribution >= 4 is 46.3 Å². The van der Waals surface area contributed by atoms with Gasteiger partial charge in [-0.1, -0.05) is 6.07 Å². The highest BCUT2D eigenvalue weighted by Gasteiger charge is 2.36. The molecule has 1 aromatic rings. The van der Waals surface area contributed by atoms with Gasteiger partial charge in [0.15, 0.2) is 0 Å². The lowest BCUT2D eigenvalue weighted by molar-refractivity contribution is -0.140. The molecule has 1 N–H and O–H groups in total. The zero-order valence-corrected chi connectivity index (χ0v) is 10.1. The second kappa shape index (κ2) is 4.72.